The number of rotatable bonds is 2. The van der Waals surface area contributed by atoms with Crippen LogP contribution < -0.4 is 0 Å². The summed E-state index contributed by atoms with van der Waals surface area (Å²) in [5, 5.41) is 1.40. The minimum atomic E-state index is -0.265. The fourth-order valence-corrected chi connectivity index (χ4v) is 2.76. The molecule has 5 heteroatoms. The van der Waals surface area contributed by atoms with E-state index in [0.29, 0.717) is 13.1 Å². The van der Waals surface area contributed by atoms with E-state index in [4.69, 9.17) is 4.84 Å². The number of carbonyl (C=O) groups is 1. The van der Waals surface area contributed by atoms with Gasteiger partial charge in [-0.2, -0.15) is 5.06 Å². The first-order valence-electron chi connectivity index (χ1n) is 7.28. The third kappa shape index (κ3) is 2.33. The molecule has 0 bridgehead atoms. The average molecular weight is 298 g/mol. The van der Waals surface area contributed by atoms with Crippen LogP contribution in [0, 0.1) is 5.82 Å². The minimum absolute atomic E-state index is 0.104. The van der Waals surface area contributed by atoms with Gasteiger partial charge in [-0.05, 0) is 17.7 Å². The van der Waals surface area contributed by atoms with E-state index in [1.165, 1.54) is 17.2 Å². The first-order valence-corrected chi connectivity index (χ1v) is 7.28. The predicted octanol–water partition coefficient (Wildman–Crippen LogP) is 3.29. The molecule has 2 amide bonds. The number of likely N-dealkylation sites (tertiary alicyclic amines) is 1. The van der Waals surface area contributed by atoms with Gasteiger partial charge in [0.2, 0.25) is 6.23 Å². The Morgan fingerprint density at radius 1 is 1.00 bits per heavy atom. The maximum atomic E-state index is 12.9. The molecule has 2 fully saturated rings. The maximum Gasteiger partial charge on any atom is 0.346 e. The second-order valence-electron chi connectivity index (χ2n) is 5.63. The molecule has 2 aliphatic heterocycles. The summed E-state index contributed by atoms with van der Waals surface area (Å²) in [6.07, 6.45) is -0.265. The Hall–Kier alpha value is -2.40. The van der Waals surface area contributed by atoms with Gasteiger partial charge in [-0.3, -0.25) is 0 Å². The Balaban J connectivity index is 1.34. The molecule has 0 spiro atoms. The van der Waals surface area contributed by atoms with Crippen LogP contribution in [0.3, 0.4) is 0 Å². The summed E-state index contributed by atoms with van der Waals surface area (Å²) in [5.74, 6) is 0.0406. The van der Waals surface area contributed by atoms with Gasteiger partial charge in [0.25, 0.3) is 0 Å². The van der Waals surface area contributed by atoms with Gasteiger partial charge in [0.15, 0.2) is 0 Å². The highest BCUT2D eigenvalue weighted by Crippen LogP contribution is 2.39. The highest BCUT2D eigenvalue weighted by atomic mass is 19.1. The van der Waals surface area contributed by atoms with Crippen molar-refractivity contribution in [2.24, 2.45) is 0 Å². The third-order valence-corrected chi connectivity index (χ3v) is 4.15. The van der Waals surface area contributed by atoms with Crippen LogP contribution in [0.25, 0.3) is 0 Å². The molecule has 2 aromatic rings. The van der Waals surface area contributed by atoms with Crippen molar-refractivity contribution in [1.82, 2.24) is 9.96 Å². The van der Waals surface area contributed by atoms with Gasteiger partial charge in [-0.15, -0.1) is 0 Å². The number of hydrogen-bond acceptors (Lipinski definition) is 2. The summed E-state index contributed by atoms with van der Waals surface area (Å²) in [7, 11) is 0. The normalized spacial score (nSPS) is 20.7. The monoisotopic (exact) mass is 298 g/mol. The van der Waals surface area contributed by atoms with Crippen molar-refractivity contribution in [3.8, 4) is 0 Å². The van der Waals surface area contributed by atoms with Gasteiger partial charge in [0.1, 0.15) is 5.82 Å². The number of amides is 2. The molecule has 2 heterocycles. The Labute approximate surface area is 127 Å². The Kier molecular flexibility index (Phi) is 3.08. The average Bonchev–Trinajstić information content (AvgIpc) is 3.29. The number of urea groups is 1. The molecule has 0 aromatic heterocycles. The number of halogens is 1. The van der Waals surface area contributed by atoms with Crippen molar-refractivity contribution in [3.63, 3.8) is 0 Å². The van der Waals surface area contributed by atoms with Crippen LogP contribution in [-0.2, 0) is 4.84 Å². The van der Waals surface area contributed by atoms with Crippen LogP contribution in [0.4, 0.5) is 9.18 Å². The smallest absolute Gasteiger partial charge is 0.321 e. The molecule has 1 unspecified atom stereocenters. The summed E-state index contributed by atoms with van der Waals surface area (Å²) in [6.45, 7) is 1.29. The quantitative estimate of drug-likeness (QED) is 0.798. The van der Waals surface area contributed by atoms with E-state index in [0.717, 1.165) is 11.1 Å². The highest BCUT2D eigenvalue weighted by Gasteiger charge is 2.47. The second kappa shape index (κ2) is 5.10. The van der Waals surface area contributed by atoms with Gasteiger partial charge in [0, 0.05) is 24.6 Å². The van der Waals surface area contributed by atoms with Crippen molar-refractivity contribution in [3.05, 3.63) is 71.5 Å². The molecule has 0 radical (unpaired) electrons. The molecule has 1 atom stereocenters. The molecular formula is C17H15FN2O2. The first-order chi connectivity index (χ1) is 10.7. The van der Waals surface area contributed by atoms with Crippen molar-refractivity contribution >= 4 is 6.03 Å². The Bertz CT molecular complexity index is 684. The van der Waals surface area contributed by atoms with Gasteiger partial charge in [0.05, 0.1) is 0 Å². The molecular weight excluding hydrogens is 283 g/mol. The molecule has 2 aromatic carbocycles. The standard InChI is InChI=1S/C17H15FN2O2/c18-15-8-6-12(7-9-15)14-10-19(11-14)17(21)20-16(22-20)13-4-2-1-3-5-13/h1-9,14,16H,10-11H2. The highest BCUT2D eigenvalue weighted by molar-refractivity contribution is 5.76. The van der Waals surface area contributed by atoms with Gasteiger partial charge in [-0.25, -0.2) is 14.0 Å². The molecule has 0 N–H and O–H groups in total. The fourth-order valence-electron chi connectivity index (χ4n) is 2.76. The predicted molar refractivity (Wildman–Crippen MR) is 78.2 cm³/mol. The van der Waals surface area contributed by atoms with E-state index in [2.05, 4.69) is 0 Å². The largest absolute Gasteiger partial charge is 0.346 e. The lowest BCUT2D eigenvalue weighted by molar-refractivity contribution is 0.104. The SMILES string of the molecule is O=C(N1CC(c2ccc(F)cc2)C1)N1OC1c1ccccc1. The topological polar surface area (TPSA) is 35.9 Å². The molecule has 0 saturated carbocycles. The van der Waals surface area contributed by atoms with E-state index in [1.54, 1.807) is 17.0 Å². The molecule has 4 nitrogen and oxygen atoms in total. The van der Waals surface area contributed by atoms with Crippen LogP contribution in [0.5, 0.6) is 0 Å². The van der Waals surface area contributed by atoms with Crippen molar-refractivity contribution in [2.45, 2.75) is 12.1 Å². The second-order valence-corrected chi connectivity index (χ2v) is 5.63. The van der Waals surface area contributed by atoms with E-state index >= 15 is 0 Å². The number of hydrogen-bond donors (Lipinski definition) is 0. The Morgan fingerprint density at radius 3 is 2.36 bits per heavy atom. The molecule has 22 heavy (non-hydrogen) atoms. The maximum absolute atomic E-state index is 12.9. The molecule has 112 valence electrons. The van der Waals surface area contributed by atoms with Gasteiger partial charge < -0.3 is 4.90 Å². The molecule has 4 rings (SSSR count). The van der Waals surface area contributed by atoms with E-state index < -0.39 is 0 Å². The lowest BCUT2D eigenvalue weighted by Gasteiger charge is -2.39. The van der Waals surface area contributed by atoms with Crippen LogP contribution >= 0.6 is 0 Å². The first kappa shape index (κ1) is 13.3. The van der Waals surface area contributed by atoms with Crippen LogP contribution in [-0.4, -0.2) is 29.1 Å². The molecule has 2 saturated heterocycles. The summed E-state index contributed by atoms with van der Waals surface area (Å²) >= 11 is 0. The van der Waals surface area contributed by atoms with Crippen LogP contribution in [0.2, 0.25) is 0 Å². The van der Waals surface area contributed by atoms with Crippen molar-refractivity contribution in [2.75, 3.05) is 13.1 Å². The van der Waals surface area contributed by atoms with Crippen LogP contribution in [0.15, 0.2) is 54.6 Å². The Morgan fingerprint density at radius 2 is 1.68 bits per heavy atom. The summed E-state index contributed by atoms with van der Waals surface area (Å²) in [6, 6.07) is 16.0. The van der Waals surface area contributed by atoms with E-state index in [-0.39, 0.29) is 24.0 Å². The summed E-state index contributed by atoms with van der Waals surface area (Å²) in [4.78, 5) is 19.4. The number of benzene rings is 2. The fraction of sp³-hybridized carbons (Fsp3) is 0.235. The zero-order chi connectivity index (χ0) is 15.1. The molecule has 2 aliphatic rings. The van der Waals surface area contributed by atoms with E-state index in [9.17, 15) is 9.18 Å². The van der Waals surface area contributed by atoms with Crippen LogP contribution in [0.1, 0.15) is 23.3 Å². The van der Waals surface area contributed by atoms with Gasteiger partial charge >= 0.3 is 6.03 Å². The summed E-state index contributed by atoms with van der Waals surface area (Å²) in [5.41, 5.74) is 2.04. The lowest BCUT2D eigenvalue weighted by atomic mass is 9.92. The van der Waals surface area contributed by atoms with Gasteiger partial charge in [-0.1, -0.05) is 42.5 Å². The summed E-state index contributed by atoms with van der Waals surface area (Å²) < 4.78 is 12.9. The molecule has 0 aliphatic carbocycles. The third-order valence-electron chi connectivity index (χ3n) is 4.15. The van der Waals surface area contributed by atoms with Crippen molar-refractivity contribution in [1.29, 1.82) is 0 Å². The van der Waals surface area contributed by atoms with E-state index in [1.807, 2.05) is 30.3 Å². The zero-order valence-electron chi connectivity index (χ0n) is 11.9. The number of nitrogens with zero attached hydrogens (tertiary/aromatic N) is 2. The number of carbonyl (C=O) groups excluding carboxylic acids is 1. The zero-order valence-corrected chi connectivity index (χ0v) is 11.9. The minimum Gasteiger partial charge on any atom is -0.321 e. The van der Waals surface area contributed by atoms with Crippen molar-refractivity contribution < 1.29 is 14.0 Å². The number of hydroxylamine groups is 2. The lowest BCUT2D eigenvalue weighted by Crippen LogP contribution is -2.50.